The number of fused-ring (bicyclic) bond motifs is 3. The van der Waals surface area contributed by atoms with Gasteiger partial charge in [0.2, 0.25) is 11.2 Å². The van der Waals surface area contributed by atoms with Crippen molar-refractivity contribution in [3.05, 3.63) is 303 Å². The molecule has 5 aromatic carbocycles. The predicted molar refractivity (Wildman–Crippen MR) is 588 cm³/mol. The van der Waals surface area contributed by atoms with E-state index in [1.165, 1.54) is 76.2 Å². The highest BCUT2D eigenvalue weighted by molar-refractivity contribution is 14.1. The molecule has 0 spiro atoms. The van der Waals surface area contributed by atoms with Crippen molar-refractivity contribution in [3.63, 3.8) is 0 Å². The van der Waals surface area contributed by atoms with Crippen LogP contribution in [0.15, 0.2) is 232 Å². The molecule has 0 bridgehead atoms. The van der Waals surface area contributed by atoms with Crippen molar-refractivity contribution in [2.45, 2.75) is 92.4 Å². The van der Waals surface area contributed by atoms with E-state index in [-0.39, 0.29) is 22.3 Å². The number of hydrogen-bond donors (Lipinski definition) is 11. The number of carboxylic acids is 1. The summed E-state index contributed by atoms with van der Waals surface area (Å²) in [6.07, 6.45) is 14.0. The van der Waals surface area contributed by atoms with Crippen molar-refractivity contribution < 1.29 is 80.6 Å². The number of methoxy groups -OCH3 is 5. The second-order valence-corrected chi connectivity index (χ2v) is 41.1. The van der Waals surface area contributed by atoms with Crippen LogP contribution in [0.1, 0.15) is 69.6 Å². The number of rotatable bonds is 17. The van der Waals surface area contributed by atoms with Crippen LogP contribution >= 0.6 is 56.8 Å². The van der Waals surface area contributed by atoms with Gasteiger partial charge in [0.1, 0.15) is 59.7 Å². The van der Waals surface area contributed by atoms with Crippen LogP contribution < -0.4 is 61.7 Å². The van der Waals surface area contributed by atoms with Crippen molar-refractivity contribution in [2.24, 2.45) is 0 Å². The number of ether oxygens (including phenoxy) is 7. The maximum Gasteiger partial charge on any atom is 0.490 e. The number of hydrogen-bond acceptors (Lipinski definition) is 31. The summed E-state index contributed by atoms with van der Waals surface area (Å²) in [4.78, 5) is 114. The van der Waals surface area contributed by atoms with Crippen molar-refractivity contribution >= 4 is 179 Å². The second-order valence-electron chi connectivity index (χ2n) is 33.7. The van der Waals surface area contributed by atoms with Gasteiger partial charge in [-0.2, -0.15) is 18.2 Å². The van der Waals surface area contributed by atoms with Crippen LogP contribution in [0.5, 0.6) is 28.7 Å². The molecule has 0 fully saturated rings. The van der Waals surface area contributed by atoms with Crippen LogP contribution in [0.3, 0.4) is 0 Å². The molecular weight excluding hydrogens is 2190 g/mol. The fourth-order valence-electron chi connectivity index (χ4n) is 12.3. The Morgan fingerprint density at radius 3 is 1.24 bits per heavy atom. The molecule has 16 aromatic rings. The summed E-state index contributed by atoms with van der Waals surface area (Å²) in [6, 6.07) is 45.5. The first-order chi connectivity index (χ1) is 70.5. The van der Waals surface area contributed by atoms with E-state index in [1.54, 1.807) is 116 Å². The van der Waals surface area contributed by atoms with Gasteiger partial charge in [-0.3, -0.25) is 70.9 Å². The zero-order chi connectivity index (χ0) is 110. The number of aliphatic carboxylic acids is 1. The van der Waals surface area contributed by atoms with Crippen molar-refractivity contribution in [1.82, 2.24) is 64.8 Å². The third kappa shape index (κ3) is 38.1. The molecule has 776 valence electrons. The number of carbonyl (C=O) groups excluding carboxylic acids is 2. The summed E-state index contributed by atoms with van der Waals surface area (Å²) < 4.78 is 70.6. The molecule has 0 radical (unpaired) electrons. The Hall–Kier alpha value is -17.1. The number of aromatic amines is 3. The van der Waals surface area contributed by atoms with Crippen LogP contribution in [0.25, 0.3) is 66.5 Å². The number of non-ortho nitro benzene ring substituents is 3. The molecule has 0 atom stereocenters. The number of halogens is 6. The number of H-pyrrole nitrogens is 3. The summed E-state index contributed by atoms with van der Waals surface area (Å²) in [7, 11) is 9.95. The number of amides is 2. The molecule has 0 saturated heterocycles. The molecule has 0 aliphatic rings. The smallest absolute Gasteiger partial charge is 0.490 e. The minimum atomic E-state index is -5.08. The minimum Gasteiger partial charge on any atom is -0.496 e. The van der Waals surface area contributed by atoms with Crippen LogP contribution in [0.4, 0.5) is 85.8 Å². The van der Waals surface area contributed by atoms with Crippen LogP contribution in [-0.2, 0) is 14.3 Å². The van der Waals surface area contributed by atoms with Crippen molar-refractivity contribution in [2.75, 3.05) is 87.7 Å². The molecule has 11 heterocycles. The number of carboxylic acid groups (broad SMARTS) is 1. The number of nitrogen functional groups attached to an aromatic ring is 2. The molecule has 47 heteroatoms. The van der Waals surface area contributed by atoms with Gasteiger partial charge in [0.15, 0.2) is 0 Å². The first kappa shape index (κ1) is 117. The third-order valence-corrected chi connectivity index (χ3v) is 22.0. The van der Waals surface area contributed by atoms with E-state index in [9.17, 15) is 53.1 Å². The average Bonchev–Trinajstić information content (AvgIpc) is 1.67. The number of carbonyl (C=O) groups is 3. The number of nitro groups is 3. The Labute approximate surface area is 886 Å². The lowest BCUT2D eigenvalue weighted by Crippen LogP contribution is -2.27. The number of anilines is 8. The van der Waals surface area contributed by atoms with Gasteiger partial charge in [0.05, 0.1) is 155 Å². The molecule has 13 N–H and O–H groups in total. The Bertz CT molecular complexity index is 7370. The van der Waals surface area contributed by atoms with Gasteiger partial charge in [-0.05, 0) is 221 Å². The van der Waals surface area contributed by atoms with E-state index in [4.69, 9.17) is 66.1 Å². The number of benzene rings is 5. The molecule has 16 rings (SSSR count). The molecule has 40 nitrogen and oxygen atoms in total. The van der Waals surface area contributed by atoms with Crippen molar-refractivity contribution in [3.8, 4) is 85.8 Å². The van der Waals surface area contributed by atoms with Crippen molar-refractivity contribution in [1.29, 1.82) is 0 Å². The Kier molecular flexibility index (Phi) is 43.4. The fraction of sp³-hybridized carbons (Fsp3) is 0.206. The number of nitrogens with two attached hydrogens (primary N) is 2. The number of aryl methyl sites for hydroxylation is 2. The zero-order valence-electron chi connectivity index (χ0n) is 83.7. The predicted octanol–water partition coefficient (Wildman–Crippen LogP) is 23.1. The van der Waals surface area contributed by atoms with E-state index in [0.717, 1.165) is 114 Å². The fourth-order valence-corrected chi connectivity index (χ4v) is 13.8. The molecule has 0 saturated carbocycles. The van der Waals surface area contributed by atoms with E-state index >= 15 is 0 Å². The molecule has 11 aromatic heterocycles. The summed E-state index contributed by atoms with van der Waals surface area (Å²) >= 11 is 9.85. The van der Waals surface area contributed by atoms with Gasteiger partial charge in [-0.15, -0.1) is 5.54 Å². The minimum absolute atomic E-state index is 0.0255. The van der Waals surface area contributed by atoms with Gasteiger partial charge in [0, 0.05) is 163 Å². The van der Waals surface area contributed by atoms with E-state index < -0.39 is 58.4 Å². The average molecular weight is 2300 g/mol. The first-order valence-electron chi connectivity index (χ1n) is 44.1. The van der Waals surface area contributed by atoms with Crippen LogP contribution in [0, 0.1) is 74.6 Å². The normalized spacial score (nSPS) is 10.5. The highest BCUT2D eigenvalue weighted by Crippen LogP contribution is 2.39. The SMILES string of the molecule is CC(C)(C)OC(=O)Nc1cnccc1I.CNc1cc(C)nc(Cl)n1.CNc1cc(C)nc(Nc2ccc(OC)c(-c3cc4ccncc4[nH]3)c2)n1.COc1ccc(N)cc1-c1cc2ccncc2[nH]1.COc1ccc([N+](=O)[O-])cc1-c1cc2ccncc2[nH]1.COc1ccc([N+](=O)[O-])cc1C#C[Si](C)(C)C.COc1ccc([N+](=O)[O-])cc1C#Cc1ccncc1NC(=O)OC(C)(C)C.Nc1cnccc1I.O=C(O)C(F)(F)F. The molecular formula is C102H105ClF3I2N23O17Si. The standard InChI is InChI=1S/C20H20N6O.C19H19N3O5.C14H11N3O3.C14H13N3O.C12H15NO3Si.C10H13IN2O2.C6H8ClN3.C5H5IN2.C2HF3O2/c1-12-8-19(21-2)26-20(23-12)24-14-4-5-18(27-3)15(10-14)16-9-13-6-7-22-11-17(13)25-16;1-19(2,3)27-18(23)21-16-12-20-10-9-13(16)5-6-14-11-15(22(24)25)7-8-17(14)26-4;1-20-14-3-2-10(17(18)19)7-11(14)12-6-9-4-5-15-8-13(9)16-12;1-18-14-3-2-10(15)7-11(14)12-6-9-4-5-16-8-13(9)17-12;1-16-12-6-5-11(13(14)15)9-10(12)7-8-17(2,3)4;1-10(2,3)15-9(14)13-8-6-12-5-4-7(8)11;1-4-3-5(8-2)10-6(7)9-4;6-4-1-2-8-3-5(4)7;3-2(4,5)1(6)7/h4-11,25H,1-3H3,(H2,21,23,24,26);7-12H,1-4H3,(H,21,23);2-8,16H,1H3;2-8,17H,15H2,1H3;5-6,9H,1-4H3;4-6H,1-3H3,(H,13,14);3H,1-2H3,(H,8,9,10);1-3H,7H2;(H,6,7). The summed E-state index contributed by atoms with van der Waals surface area (Å²) in [5.41, 5.74) is 27.9. The largest absolute Gasteiger partial charge is 0.496 e. The summed E-state index contributed by atoms with van der Waals surface area (Å²) in [6.45, 7) is 20.9. The zero-order valence-corrected chi connectivity index (χ0v) is 89.7. The van der Waals surface area contributed by atoms with E-state index in [1.807, 2.05) is 133 Å². The lowest BCUT2D eigenvalue weighted by molar-refractivity contribution is -0.385. The van der Waals surface area contributed by atoms with Gasteiger partial charge in [-0.25, -0.2) is 29.3 Å². The van der Waals surface area contributed by atoms with Gasteiger partial charge in [0.25, 0.3) is 17.1 Å². The highest BCUT2D eigenvalue weighted by atomic mass is 127. The second kappa shape index (κ2) is 55.3. The van der Waals surface area contributed by atoms with E-state index in [0.29, 0.717) is 62.5 Å². The summed E-state index contributed by atoms with van der Waals surface area (Å²) in [5.74, 6) is 11.1. The highest BCUT2D eigenvalue weighted by Gasteiger charge is 2.38. The molecule has 0 aliphatic heterocycles. The van der Waals surface area contributed by atoms with Gasteiger partial charge >= 0.3 is 24.3 Å². The summed E-state index contributed by atoms with van der Waals surface area (Å²) in [5, 5.41) is 57.6. The molecule has 149 heavy (non-hydrogen) atoms. The molecule has 2 amide bonds. The Balaban J connectivity index is 0.000000210. The van der Waals surface area contributed by atoms with Gasteiger partial charge in [-0.1, -0.05) is 37.4 Å². The van der Waals surface area contributed by atoms with E-state index in [2.05, 4.69) is 192 Å². The lowest BCUT2D eigenvalue weighted by atomic mass is 10.1. The maximum absolute atomic E-state index is 12.0. The maximum atomic E-state index is 12.0. The monoisotopic (exact) mass is 2300 g/mol. The third-order valence-electron chi connectivity index (χ3n) is 19.0. The number of nitrogens with one attached hydrogen (secondary N) is 8. The van der Waals surface area contributed by atoms with Gasteiger partial charge < -0.3 is 80.6 Å². The molecule has 0 unspecified atom stereocenters. The topological polar surface area (TPSA) is 554 Å². The number of pyridine rings is 6. The van der Waals surface area contributed by atoms with Crippen LogP contribution in [0.2, 0.25) is 24.9 Å². The Morgan fingerprint density at radius 2 is 0.832 bits per heavy atom. The number of nitrogens with zero attached hydrogens (tertiary/aromatic N) is 13. The Morgan fingerprint density at radius 1 is 0.456 bits per heavy atom. The number of nitro benzene ring substituents is 3. The quantitative estimate of drug-likeness (QED) is 0.00767. The first-order valence-corrected chi connectivity index (χ1v) is 50.2. The number of aromatic nitrogens is 13. The van der Waals surface area contributed by atoms with Crippen LogP contribution in [-0.4, -0.2) is 178 Å². The molecule has 0 aliphatic carbocycles. The number of alkyl halides is 3. The lowest BCUT2D eigenvalue weighted by Gasteiger charge is -2.19.